The normalized spacial score (nSPS) is 12.3. The fourth-order valence-corrected chi connectivity index (χ4v) is 6.33. The van der Waals surface area contributed by atoms with Gasteiger partial charge in [0.25, 0.3) is 5.56 Å². The number of nitrogens with zero attached hydrogens (tertiary/aromatic N) is 3. The number of para-hydroxylation sites is 4. The van der Waals surface area contributed by atoms with E-state index in [0.29, 0.717) is 28.2 Å². The molecule has 1 aromatic heterocycles. The van der Waals surface area contributed by atoms with Gasteiger partial charge >= 0.3 is 0 Å². The van der Waals surface area contributed by atoms with Crippen LogP contribution >= 0.6 is 23.5 Å². The second-order valence-corrected chi connectivity index (χ2v) is 10.4. The Hall–Kier alpha value is -3.81. The van der Waals surface area contributed by atoms with Gasteiger partial charge in [0, 0.05) is 22.0 Å². The van der Waals surface area contributed by atoms with Crippen LogP contribution in [0.4, 0.5) is 11.4 Å². The maximum absolute atomic E-state index is 13.6. The average Bonchev–Trinajstić information content (AvgIpc) is 2.92. The maximum atomic E-state index is 13.6. The Morgan fingerprint density at radius 3 is 2.11 bits per heavy atom. The van der Waals surface area contributed by atoms with E-state index < -0.39 is 0 Å². The second kappa shape index (κ2) is 9.68. The minimum absolute atomic E-state index is 0.0112. The van der Waals surface area contributed by atoms with Gasteiger partial charge < -0.3 is 0 Å². The molecule has 0 saturated heterocycles. The summed E-state index contributed by atoms with van der Waals surface area (Å²) in [5.74, 6) is 0.502. The molecule has 5 nitrogen and oxygen atoms in total. The monoisotopic (exact) mass is 507 g/mol. The molecule has 5 aromatic rings. The SMILES string of the molecule is O=C(CCSc1nc2ccccc2c(=O)n1-c1ccccc1)N1c2ccccc2Sc2ccccc21. The number of aromatic nitrogens is 2. The molecule has 0 aliphatic carbocycles. The van der Waals surface area contributed by atoms with Crippen LogP contribution in [0.2, 0.25) is 0 Å². The van der Waals surface area contributed by atoms with Crippen molar-refractivity contribution in [3.63, 3.8) is 0 Å². The zero-order valence-electron chi connectivity index (χ0n) is 19.2. The van der Waals surface area contributed by atoms with Crippen LogP contribution in [0.25, 0.3) is 16.6 Å². The van der Waals surface area contributed by atoms with Gasteiger partial charge in [-0.2, -0.15) is 0 Å². The van der Waals surface area contributed by atoms with Crippen LogP contribution in [0.3, 0.4) is 0 Å². The maximum Gasteiger partial charge on any atom is 0.266 e. The van der Waals surface area contributed by atoms with Gasteiger partial charge in [0.2, 0.25) is 5.91 Å². The van der Waals surface area contributed by atoms with Gasteiger partial charge in [0.05, 0.1) is 28.0 Å². The van der Waals surface area contributed by atoms with E-state index in [-0.39, 0.29) is 11.5 Å². The summed E-state index contributed by atoms with van der Waals surface area (Å²) in [5, 5.41) is 1.15. The summed E-state index contributed by atoms with van der Waals surface area (Å²) in [5.41, 5.74) is 3.10. The van der Waals surface area contributed by atoms with Crippen LogP contribution in [-0.4, -0.2) is 21.2 Å². The highest BCUT2D eigenvalue weighted by molar-refractivity contribution is 7.99. The summed E-state index contributed by atoms with van der Waals surface area (Å²) in [6.45, 7) is 0. The van der Waals surface area contributed by atoms with Crippen LogP contribution < -0.4 is 10.5 Å². The molecule has 0 bridgehead atoms. The molecule has 6 rings (SSSR count). The third-order valence-electron chi connectivity index (χ3n) is 5.99. The van der Waals surface area contributed by atoms with E-state index in [0.717, 1.165) is 26.9 Å². The van der Waals surface area contributed by atoms with E-state index in [9.17, 15) is 9.59 Å². The van der Waals surface area contributed by atoms with E-state index >= 15 is 0 Å². The van der Waals surface area contributed by atoms with Gasteiger partial charge in [0.1, 0.15) is 0 Å². The van der Waals surface area contributed by atoms with Crippen LogP contribution in [0.15, 0.2) is 123 Å². The highest BCUT2D eigenvalue weighted by Crippen LogP contribution is 2.48. The van der Waals surface area contributed by atoms with Crippen molar-refractivity contribution in [2.75, 3.05) is 10.7 Å². The molecule has 36 heavy (non-hydrogen) atoms. The summed E-state index contributed by atoms with van der Waals surface area (Å²) in [7, 11) is 0. The molecule has 0 spiro atoms. The van der Waals surface area contributed by atoms with E-state index in [1.807, 2.05) is 102 Å². The van der Waals surface area contributed by atoms with Gasteiger partial charge in [-0.3, -0.25) is 19.1 Å². The fraction of sp³-hybridized carbons (Fsp3) is 0.0690. The first-order chi connectivity index (χ1) is 17.7. The fourth-order valence-electron chi connectivity index (χ4n) is 4.33. The molecular weight excluding hydrogens is 486 g/mol. The summed E-state index contributed by atoms with van der Waals surface area (Å²) in [4.78, 5) is 35.7. The smallest absolute Gasteiger partial charge is 0.266 e. The van der Waals surface area contributed by atoms with Crippen molar-refractivity contribution in [3.05, 3.63) is 113 Å². The van der Waals surface area contributed by atoms with Crippen LogP contribution in [0.5, 0.6) is 0 Å². The number of carbonyl (C=O) groups excluding carboxylic acids is 1. The van der Waals surface area contributed by atoms with Crippen molar-refractivity contribution in [3.8, 4) is 5.69 Å². The summed E-state index contributed by atoms with van der Waals surface area (Å²) < 4.78 is 1.64. The first-order valence-corrected chi connectivity index (χ1v) is 13.4. The third kappa shape index (κ3) is 4.10. The molecule has 176 valence electrons. The highest BCUT2D eigenvalue weighted by atomic mass is 32.2. The first kappa shape index (κ1) is 22.6. The lowest BCUT2D eigenvalue weighted by molar-refractivity contribution is -0.117. The predicted molar refractivity (Wildman–Crippen MR) is 147 cm³/mol. The Balaban J connectivity index is 1.31. The van der Waals surface area contributed by atoms with Crippen LogP contribution in [-0.2, 0) is 4.79 Å². The van der Waals surface area contributed by atoms with Gasteiger partial charge in [-0.05, 0) is 48.5 Å². The molecule has 1 aliphatic rings. The van der Waals surface area contributed by atoms with Crippen molar-refractivity contribution in [1.29, 1.82) is 0 Å². The summed E-state index contributed by atoms with van der Waals surface area (Å²) in [6.07, 6.45) is 0.301. The third-order valence-corrected chi connectivity index (χ3v) is 8.06. The zero-order chi connectivity index (χ0) is 24.5. The van der Waals surface area contributed by atoms with E-state index in [1.54, 1.807) is 22.4 Å². The zero-order valence-corrected chi connectivity index (χ0v) is 20.8. The van der Waals surface area contributed by atoms with Crippen molar-refractivity contribution in [2.24, 2.45) is 0 Å². The Bertz CT molecular complexity index is 1600. The lowest BCUT2D eigenvalue weighted by Gasteiger charge is -2.31. The van der Waals surface area contributed by atoms with E-state index in [4.69, 9.17) is 4.98 Å². The lowest BCUT2D eigenvalue weighted by Crippen LogP contribution is -2.28. The molecule has 0 fully saturated rings. The lowest BCUT2D eigenvalue weighted by atomic mass is 10.2. The average molecular weight is 508 g/mol. The number of amides is 1. The van der Waals surface area contributed by atoms with Gasteiger partial charge in [0.15, 0.2) is 5.16 Å². The number of thioether (sulfide) groups is 1. The minimum Gasteiger partial charge on any atom is -0.279 e. The molecule has 0 radical (unpaired) electrons. The number of benzene rings is 4. The molecule has 0 atom stereocenters. The quantitative estimate of drug-likeness (QED) is 0.196. The van der Waals surface area contributed by atoms with E-state index in [1.165, 1.54) is 11.8 Å². The van der Waals surface area contributed by atoms with Crippen LogP contribution in [0, 0.1) is 0 Å². The number of anilines is 2. The molecule has 7 heteroatoms. The van der Waals surface area contributed by atoms with Crippen LogP contribution in [0.1, 0.15) is 6.42 Å². The Labute approximate surface area is 216 Å². The first-order valence-electron chi connectivity index (χ1n) is 11.6. The molecule has 4 aromatic carbocycles. The van der Waals surface area contributed by atoms with Crippen molar-refractivity contribution < 1.29 is 4.79 Å². The standard InChI is InChI=1S/C29H21N3O2S2/c33-27(32-23-14-6-8-16-25(23)36-26-17-9-7-15-24(26)32)18-19-35-29-30-22-13-5-4-12-21(22)28(34)31(29)20-10-2-1-3-11-20/h1-17H,18-19H2. The molecule has 0 unspecified atom stereocenters. The topological polar surface area (TPSA) is 55.2 Å². The van der Waals surface area contributed by atoms with Crippen molar-refractivity contribution in [1.82, 2.24) is 9.55 Å². The Morgan fingerprint density at radius 2 is 1.39 bits per heavy atom. The summed E-state index contributed by atoms with van der Waals surface area (Å²) in [6, 6.07) is 32.8. The Kier molecular flexibility index (Phi) is 6.09. The number of rotatable bonds is 5. The Morgan fingerprint density at radius 1 is 0.778 bits per heavy atom. The molecule has 2 heterocycles. The molecule has 1 amide bonds. The number of hydrogen-bond acceptors (Lipinski definition) is 5. The van der Waals surface area contributed by atoms with Gasteiger partial charge in [-0.15, -0.1) is 0 Å². The number of hydrogen-bond donors (Lipinski definition) is 0. The van der Waals surface area contributed by atoms with E-state index in [2.05, 4.69) is 0 Å². The molecular formula is C29H21N3O2S2. The largest absolute Gasteiger partial charge is 0.279 e. The van der Waals surface area contributed by atoms with Gasteiger partial charge in [-0.1, -0.05) is 78.1 Å². The number of fused-ring (bicyclic) bond motifs is 3. The summed E-state index contributed by atoms with van der Waals surface area (Å²) >= 11 is 3.10. The number of carbonyl (C=O) groups is 1. The van der Waals surface area contributed by atoms with Gasteiger partial charge in [-0.25, -0.2) is 4.98 Å². The van der Waals surface area contributed by atoms with Crippen molar-refractivity contribution in [2.45, 2.75) is 21.4 Å². The minimum atomic E-state index is -0.114. The second-order valence-electron chi connectivity index (χ2n) is 8.25. The molecule has 0 saturated carbocycles. The van der Waals surface area contributed by atoms with Crippen molar-refractivity contribution >= 4 is 51.7 Å². The molecule has 1 aliphatic heterocycles. The predicted octanol–water partition coefficient (Wildman–Crippen LogP) is 6.70. The highest BCUT2D eigenvalue weighted by Gasteiger charge is 2.27. The molecule has 0 N–H and O–H groups in total.